The normalized spacial score (nSPS) is 12.0. The first-order valence-electron chi connectivity index (χ1n) is 7.66. The van der Waals surface area contributed by atoms with E-state index in [9.17, 15) is 9.59 Å². The number of fused-ring (bicyclic) bond motifs is 1. The highest BCUT2D eigenvalue weighted by Gasteiger charge is 2.18. The van der Waals surface area contributed by atoms with Crippen molar-refractivity contribution in [2.45, 2.75) is 13.5 Å². The van der Waals surface area contributed by atoms with E-state index in [-0.39, 0.29) is 12.7 Å². The zero-order valence-corrected chi connectivity index (χ0v) is 13.3. The fraction of sp³-hybridized carbons (Fsp3) is 0.222. The minimum Gasteiger partial charge on any atom is -0.454 e. The fourth-order valence-corrected chi connectivity index (χ4v) is 2.55. The molecule has 2 amide bonds. The summed E-state index contributed by atoms with van der Waals surface area (Å²) < 4.78 is 10.7. The van der Waals surface area contributed by atoms with Gasteiger partial charge < -0.3 is 20.1 Å². The first kappa shape index (κ1) is 15.9. The molecule has 0 aromatic heterocycles. The Labute approximate surface area is 139 Å². The predicted molar refractivity (Wildman–Crippen MR) is 87.9 cm³/mol. The third-order valence-corrected chi connectivity index (χ3v) is 3.90. The van der Waals surface area contributed by atoms with Gasteiger partial charge in [0, 0.05) is 24.2 Å². The standard InChI is InChI=1S/C18H18N2O4/c1-2-20(10-12-3-8-15-16(9-12)24-11-23-15)18(22)14-6-4-13(5-7-14)17(19)21/h3-9H,2,10-11H2,1H3,(H2,19,21). The quantitative estimate of drug-likeness (QED) is 0.913. The average molecular weight is 326 g/mol. The van der Waals surface area contributed by atoms with Crippen molar-refractivity contribution in [3.8, 4) is 11.5 Å². The molecular formula is C18H18N2O4. The molecule has 0 fully saturated rings. The van der Waals surface area contributed by atoms with Crippen molar-refractivity contribution in [1.29, 1.82) is 0 Å². The van der Waals surface area contributed by atoms with Crippen LogP contribution in [0.15, 0.2) is 42.5 Å². The molecular weight excluding hydrogens is 308 g/mol. The zero-order valence-electron chi connectivity index (χ0n) is 13.3. The highest BCUT2D eigenvalue weighted by atomic mass is 16.7. The van der Waals surface area contributed by atoms with Crippen molar-refractivity contribution in [3.05, 3.63) is 59.2 Å². The van der Waals surface area contributed by atoms with Crippen LogP contribution in [-0.4, -0.2) is 30.1 Å². The lowest BCUT2D eigenvalue weighted by Gasteiger charge is -2.21. The molecule has 2 N–H and O–H groups in total. The Morgan fingerprint density at radius 1 is 1.04 bits per heavy atom. The Hall–Kier alpha value is -3.02. The van der Waals surface area contributed by atoms with Gasteiger partial charge in [-0.3, -0.25) is 9.59 Å². The molecule has 0 radical (unpaired) electrons. The summed E-state index contributed by atoms with van der Waals surface area (Å²) in [6, 6.07) is 12.0. The lowest BCUT2D eigenvalue weighted by molar-refractivity contribution is 0.0752. The van der Waals surface area contributed by atoms with E-state index in [0.717, 1.165) is 11.3 Å². The van der Waals surface area contributed by atoms with Gasteiger partial charge in [-0.25, -0.2) is 0 Å². The van der Waals surface area contributed by atoms with Gasteiger partial charge in [-0.1, -0.05) is 6.07 Å². The predicted octanol–water partition coefficient (Wildman–Crippen LogP) is 2.18. The van der Waals surface area contributed by atoms with Crippen molar-refractivity contribution < 1.29 is 19.1 Å². The molecule has 0 saturated carbocycles. The maximum atomic E-state index is 12.6. The number of primary amides is 1. The minimum atomic E-state index is -0.512. The SMILES string of the molecule is CCN(Cc1ccc2c(c1)OCO2)C(=O)c1ccc(C(N)=O)cc1. The Balaban J connectivity index is 1.75. The second kappa shape index (κ2) is 6.62. The average Bonchev–Trinajstić information content (AvgIpc) is 3.07. The number of rotatable bonds is 5. The van der Waals surface area contributed by atoms with Gasteiger partial charge in [-0.15, -0.1) is 0 Å². The van der Waals surface area contributed by atoms with Crippen LogP contribution in [0, 0.1) is 0 Å². The molecule has 0 bridgehead atoms. The smallest absolute Gasteiger partial charge is 0.254 e. The molecule has 0 saturated heterocycles. The van der Waals surface area contributed by atoms with Gasteiger partial charge in [0.2, 0.25) is 12.7 Å². The molecule has 24 heavy (non-hydrogen) atoms. The van der Waals surface area contributed by atoms with E-state index in [1.165, 1.54) is 0 Å². The van der Waals surface area contributed by atoms with Crippen LogP contribution in [0.2, 0.25) is 0 Å². The summed E-state index contributed by atoms with van der Waals surface area (Å²) in [5.41, 5.74) is 7.07. The molecule has 2 aromatic carbocycles. The number of hydrogen-bond acceptors (Lipinski definition) is 4. The molecule has 1 aliphatic heterocycles. The summed E-state index contributed by atoms with van der Waals surface area (Å²) in [7, 11) is 0. The molecule has 6 nitrogen and oxygen atoms in total. The van der Waals surface area contributed by atoms with Crippen LogP contribution in [0.3, 0.4) is 0 Å². The third-order valence-electron chi connectivity index (χ3n) is 3.90. The van der Waals surface area contributed by atoms with Crippen LogP contribution in [0.1, 0.15) is 33.2 Å². The highest BCUT2D eigenvalue weighted by molar-refractivity contribution is 5.97. The van der Waals surface area contributed by atoms with Gasteiger partial charge in [-0.05, 0) is 48.9 Å². The van der Waals surface area contributed by atoms with Crippen molar-refractivity contribution in [3.63, 3.8) is 0 Å². The van der Waals surface area contributed by atoms with Gasteiger partial charge in [0.25, 0.3) is 5.91 Å². The fourth-order valence-electron chi connectivity index (χ4n) is 2.55. The first-order valence-corrected chi connectivity index (χ1v) is 7.66. The van der Waals surface area contributed by atoms with Crippen LogP contribution < -0.4 is 15.2 Å². The number of carbonyl (C=O) groups excluding carboxylic acids is 2. The molecule has 6 heteroatoms. The van der Waals surface area contributed by atoms with Crippen molar-refractivity contribution in [1.82, 2.24) is 4.90 Å². The lowest BCUT2D eigenvalue weighted by Crippen LogP contribution is -2.30. The van der Waals surface area contributed by atoms with Gasteiger partial charge in [0.05, 0.1) is 0 Å². The number of carbonyl (C=O) groups is 2. The van der Waals surface area contributed by atoms with E-state index in [1.54, 1.807) is 29.2 Å². The Morgan fingerprint density at radius 2 is 1.71 bits per heavy atom. The number of amides is 2. The molecule has 3 rings (SSSR count). The van der Waals surface area contributed by atoms with E-state index in [4.69, 9.17) is 15.2 Å². The van der Waals surface area contributed by atoms with Crippen LogP contribution in [0.25, 0.3) is 0 Å². The lowest BCUT2D eigenvalue weighted by atomic mass is 10.1. The summed E-state index contributed by atoms with van der Waals surface area (Å²) >= 11 is 0. The second-order valence-corrected chi connectivity index (χ2v) is 5.45. The van der Waals surface area contributed by atoms with E-state index in [1.807, 2.05) is 25.1 Å². The maximum absolute atomic E-state index is 12.6. The summed E-state index contributed by atoms with van der Waals surface area (Å²) in [5.74, 6) is 0.796. The van der Waals surface area contributed by atoms with E-state index < -0.39 is 5.91 Å². The molecule has 1 heterocycles. The Kier molecular flexibility index (Phi) is 4.37. The molecule has 0 spiro atoms. The Bertz CT molecular complexity index is 771. The van der Waals surface area contributed by atoms with Gasteiger partial charge in [-0.2, -0.15) is 0 Å². The molecule has 1 aliphatic rings. The van der Waals surface area contributed by atoms with Crippen LogP contribution in [0.4, 0.5) is 0 Å². The topological polar surface area (TPSA) is 81.9 Å². The number of hydrogen-bond donors (Lipinski definition) is 1. The summed E-state index contributed by atoms with van der Waals surface area (Å²) in [4.78, 5) is 25.5. The molecule has 0 aliphatic carbocycles. The summed E-state index contributed by atoms with van der Waals surface area (Å²) in [6.07, 6.45) is 0. The monoisotopic (exact) mass is 326 g/mol. The van der Waals surface area contributed by atoms with E-state index in [0.29, 0.717) is 30.0 Å². The number of ether oxygens (including phenoxy) is 2. The van der Waals surface area contributed by atoms with Crippen molar-refractivity contribution in [2.24, 2.45) is 5.73 Å². The molecule has 0 atom stereocenters. The number of nitrogens with two attached hydrogens (primary N) is 1. The van der Waals surface area contributed by atoms with Crippen LogP contribution in [0.5, 0.6) is 11.5 Å². The van der Waals surface area contributed by atoms with Crippen molar-refractivity contribution in [2.75, 3.05) is 13.3 Å². The summed E-state index contributed by atoms with van der Waals surface area (Å²) in [6.45, 7) is 3.17. The maximum Gasteiger partial charge on any atom is 0.254 e. The van der Waals surface area contributed by atoms with Gasteiger partial charge in [0.15, 0.2) is 11.5 Å². The number of nitrogens with zero attached hydrogens (tertiary/aromatic N) is 1. The van der Waals surface area contributed by atoms with E-state index >= 15 is 0 Å². The second-order valence-electron chi connectivity index (χ2n) is 5.45. The largest absolute Gasteiger partial charge is 0.454 e. The molecule has 0 unspecified atom stereocenters. The van der Waals surface area contributed by atoms with E-state index in [2.05, 4.69) is 0 Å². The highest BCUT2D eigenvalue weighted by Crippen LogP contribution is 2.32. The van der Waals surface area contributed by atoms with Crippen LogP contribution >= 0.6 is 0 Å². The molecule has 2 aromatic rings. The molecule has 124 valence electrons. The van der Waals surface area contributed by atoms with Crippen LogP contribution in [-0.2, 0) is 6.54 Å². The Morgan fingerprint density at radius 3 is 2.38 bits per heavy atom. The van der Waals surface area contributed by atoms with Gasteiger partial charge in [0.1, 0.15) is 0 Å². The van der Waals surface area contributed by atoms with Gasteiger partial charge >= 0.3 is 0 Å². The first-order chi connectivity index (χ1) is 11.6. The zero-order chi connectivity index (χ0) is 17.1. The third kappa shape index (κ3) is 3.17. The number of benzene rings is 2. The minimum absolute atomic E-state index is 0.105. The summed E-state index contributed by atoms with van der Waals surface area (Å²) in [5, 5.41) is 0. The van der Waals surface area contributed by atoms with Crippen molar-refractivity contribution >= 4 is 11.8 Å².